The molecule has 6 bridgehead atoms. The second-order valence-electron chi connectivity index (χ2n) is 15.9. The molecular formula is C52H72InN5O14. The number of aromatic nitrogens is 5. The molecule has 0 unspecified atom stereocenters. The van der Waals surface area contributed by atoms with Crippen molar-refractivity contribution in [3.8, 4) is 11.5 Å². The zero-order chi connectivity index (χ0) is 52.0. The number of hydrogen-bond acceptors (Lipinski definition) is 18. The maximum atomic E-state index is 9.85. The van der Waals surface area contributed by atoms with Crippen molar-refractivity contribution in [2.75, 3.05) is 107 Å². The van der Waals surface area contributed by atoms with Gasteiger partial charge >= 0.3 is 25.8 Å². The van der Waals surface area contributed by atoms with Crippen molar-refractivity contribution in [2.45, 2.75) is 80.1 Å². The number of hydrogen-bond donors (Lipinski definition) is 2. The van der Waals surface area contributed by atoms with Crippen LogP contribution in [0.25, 0.3) is 44.4 Å². The summed E-state index contributed by atoms with van der Waals surface area (Å²) in [5.41, 5.74) is 12.2. The summed E-state index contributed by atoms with van der Waals surface area (Å²) in [4.78, 5) is 43.2. The van der Waals surface area contributed by atoms with Gasteiger partial charge in [-0.3, -0.25) is 9.97 Å². The van der Waals surface area contributed by atoms with Crippen LogP contribution in [0.5, 0.6) is 11.5 Å². The number of nitrogens with zero attached hydrogens (tertiary/aromatic N) is 5. The van der Waals surface area contributed by atoms with Gasteiger partial charge in [0.1, 0.15) is 13.2 Å². The molecule has 1 aromatic carbocycles. The van der Waals surface area contributed by atoms with Gasteiger partial charge < -0.3 is 72.9 Å². The Morgan fingerprint density at radius 1 is 0.556 bits per heavy atom. The molecule has 72 heavy (non-hydrogen) atoms. The molecule has 0 saturated heterocycles. The maximum Gasteiger partial charge on any atom is 3.00 e. The Morgan fingerprint density at radius 2 is 0.889 bits per heavy atom. The summed E-state index contributed by atoms with van der Waals surface area (Å²) >= 11 is 0. The van der Waals surface area contributed by atoms with Crippen molar-refractivity contribution in [3.63, 3.8) is 0 Å². The first kappa shape index (κ1) is 63.3. The van der Waals surface area contributed by atoms with Crippen LogP contribution in [0.3, 0.4) is 0 Å². The first-order chi connectivity index (χ1) is 34.3. The van der Waals surface area contributed by atoms with E-state index in [0.717, 1.165) is 71.4 Å². The van der Waals surface area contributed by atoms with Gasteiger partial charge in [0.2, 0.25) is 0 Å². The number of allylic oxidation sites excluding steroid dienone is 4. The first-order valence-electron chi connectivity index (χ1n) is 23.9. The summed E-state index contributed by atoms with van der Waals surface area (Å²) in [7, 11) is 3.27. The molecule has 0 amide bonds. The molecule has 0 aliphatic carbocycles. The van der Waals surface area contributed by atoms with Gasteiger partial charge in [-0.25, -0.2) is 9.97 Å². The van der Waals surface area contributed by atoms with Crippen molar-refractivity contribution in [1.29, 1.82) is 0 Å². The molecule has 0 spiro atoms. The van der Waals surface area contributed by atoms with E-state index in [1.165, 1.54) is 11.1 Å². The van der Waals surface area contributed by atoms with E-state index in [1.54, 1.807) is 26.6 Å². The number of aliphatic hydroxyl groups excluding tert-OH is 2. The molecule has 5 rings (SSSR count). The number of methoxy groups -OCH3 is 2. The fourth-order valence-corrected chi connectivity index (χ4v) is 7.33. The smallest absolute Gasteiger partial charge is 0.657 e. The molecule has 4 heterocycles. The van der Waals surface area contributed by atoms with Crippen LogP contribution in [-0.4, -0.2) is 175 Å². The molecule has 3 aromatic rings. The average molecular weight is 1110 g/mol. The van der Waals surface area contributed by atoms with Crippen LogP contribution in [0.15, 0.2) is 36.7 Å². The average Bonchev–Trinajstić information content (AvgIpc) is 3.94. The van der Waals surface area contributed by atoms with E-state index in [0.29, 0.717) is 126 Å². The number of fused-ring (bicyclic) bond motifs is 7. The Bertz CT molecular complexity index is 2240. The van der Waals surface area contributed by atoms with Gasteiger partial charge in [-0.2, -0.15) is 0 Å². The quantitative estimate of drug-likeness (QED) is 0.0981. The van der Waals surface area contributed by atoms with Gasteiger partial charge in [0, 0.05) is 51.5 Å². The maximum absolute atomic E-state index is 9.85. The topological polar surface area (TPSA) is 260 Å². The van der Waals surface area contributed by atoms with E-state index in [1.807, 2.05) is 26.0 Å². The van der Waals surface area contributed by atoms with Crippen molar-refractivity contribution >= 4 is 82.1 Å². The molecule has 0 fully saturated rings. The Labute approximate surface area is 441 Å². The number of ether oxygens (including phenoxy) is 8. The van der Waals surface area contributed by atoms with E-state index in [9.17, 15) is 10.2 Å². The van der Waals surface area contributed by atoms with Crippen LogP contribution < -0.4 is 24.7 Å². The van der Waals surface area contributed by atoms with E-state index in [2.05, 4.69) is 26.0 Å². The number of carboxylic acids is 2. The van der Waals surface area contributed by atoms with Gasteiger partial charge in [0.25, 0.3) is 0 Å². The minimum Gasteiger partial charge on any atom is -0.657 e. The van der Waals surface area contributed by atoms with Crippen LogP contribution in [-0.2, 0) is 50.9 Å². The van der Waals surface area contributed by atoms with Crippen LogP contribution >= 0.6 is 0 Å². The van der Waals surface area contributed by atoms with E-state index < -0.39 is 11.9 Å². The summed E-state index contributed by atoms with van der Waals surface area (Å²) in [6.07, 6.45) is 7.61. The van der Waals surface area contributed by atoms with Crippen molar-refractivity contribution in [3.05, 3.63) is 70.6 Å². The zero-order valence-corrected chi connectivity index (χ0v) is 46.5. The third-order valence-electron chi connectivity index (χ3n) is 10.7. The molecule has 0 saturated carbocycles. The number of carboxylic acid groups (broad SMARTS) is 2. The summed E-state index contributed by atoms with van der Waals surface area (Å²) in [6.45, 7) is 15.4. The number of aliphatic carboxylic acids is 2. The molecule has 19 nitrogen and oxygen atoms in total. The second-order valence-corrected chi connectivity index (χ2v) is 15.9. The number of aryl methyl sites for hydroxylation is 2. The molecule has 0 atom stereocenters. The summed E-state index contributed by atoms with van der Waals surface area (Å²) in [5, 5.41) is 37.5. The fourth-order valence-electron chi connectivity index (χ4n) is 7.33. The van der Waals surface area contributed by atoms with E-state index in [-0.39, 0.29) is 52.3 Å². The number of carbonyl (C=O) groups is 2. The minimum atomic E-state index is -1.08. The summed E-state index contributed by atoms with van der Waals surface area (Å²) in [6, 6.07) is 7.78. The molecule has 20 heteroatoms. The normalized spacial score (nSPS) is 11.8. The molecule has 2 aliphatic heterocycles. The minimum absolute atomic E-state index is 0. The van der Waals surface area contributed by atoms with Crippen molar-refractivity contribution < 1.29 is 67.9 Å². The van der Waals surface area contributed by atoms with Crippen molar-refractivity contribution in [1.82, 2.24) is 24.9 Å². The largest absolute Gasteiger partial charge is 3.00 e. The molecule has 2 aromatic heterocycles. The summed E-state index contributed by atoms with van der Waals surface area (Å²) in [5.74, 6) is -1.25. The van der Waals surface area contributed by atoms with Gasteiger partial charge in [0.15, 0.2) is 11.5 Å². The predicted octanol–water partition coefficient (Wildman–Crippen LogP) is 3.75. The zero-order valence-electron chi connectivity index (χ0n) is 43.2. The Balaban J connectivity index is 0.00000183. The SMILES string of the molecule is CC(=O)[O-].CC(=O)[O-].CCc1c(CC)c2cc3nc(cnc4cc(OCCOCCOCCOC)c(OCCOCCOCCOC)cc4ncc4nc(cc1[n-]2)C(CCCO)=C4C)C(C)=C3CCCO.[In+3]. The van der Waals surface area contributed by atoms with Gasteiger partial charge in [-0.1, -0.05) is 37.1 Å². The standard InChI is InChI=1S/C48H66N5O10.2C2H4O2.In/c1-7-35-36(8-2)40-28-42-38(12-10-14-55)34(4)46(53-42)32-50-44-30-48(63-26-24-61-22-20-59-18-16-57-6)47(62-25-23-60-21-19-58-17-15-56-5)29-43(44)49-31-45-33(3)37(11-9-13-54)41(52-45)27-39(35)51-40;2*1-2(3)4;/h27-32,54-55H,7-26H2,1-6H3;2*1H3,(H,3,4);/q-1;;;+3/p-2. The van der Waals surface area contributed by atoms with Crippen LogP contribution in [0.4, 0.5) is 0 Å². The second kappa shape index (κ2) is 36.2. The third-order valence-corrected chi connectivity index (χ3v) is 10.7. The van der Waals surface area contributed by atoms with Gasteiger partial charge in [-0.05, 0) is 88.5 Å². The molecule has 0 radical (unpaired) electrons. The number of aliphatic hydroxyl groups is 2. The number of benzene rings is 1. The fraction of sp³-hybridized carbons (Fsp3) is 0.538. The van der Waals surface area contributed by atoms with Crippen LogP contribution in [0, 0.1) is 0 Å². The van der Waals surface area contributed by atoms with Gasteiger partial charge in [0.05, 0.1) is 112 Å². The van der Waals surface area contributed by atoms with Gasteiger partial charge in [-0.15, -0.1) is 11.0 Å². The first-order valence-corrected chi connectivity index (χ1v) is 23.9. The molecule has 392 valence electrons. The molecular weight excluding hydrogens is 1030 g/mol. The number of carbonyl (C=O) groups excluding carboxylic acids is 2. The predicted molar refractivity (Wildman–Crippen MR) is 272 cm³/mol. The Kier molecular flexibility index (Phi) is 31.8. The van der Waals surface area contributed by atoms with E-state index >= 15 is 0 Å². The van der Waals surface area contributed by atoms with Crippen LogP contribution in [0.1, 0.15) is 101 Å². The Morgan fingerprint density at radius 3 is 1.21 bits per heavy atom. The van der Waals surface area contributed by atoms with E-state index in [4.69, 9.17) is 82.6 Å². The number of rotatable bonds is 28. The summed E-state index contributed by atoms with van der Waals surface area (Å²) < 4.78 is 45.3. The van der Waals surface area contributed by atoms with Crippen LogP contribution in [0.2, 0.25) is 0 Å². The molecule has 2 aliphatic rings. The Hall–Kier alpha value is -4.77. The monoisotopic (exact) mass is 1110 g/mol. The van der Waals surface area contributed by atoms with Crippen molar-refractivity contribution in [2.24, 2.45) is 0 Å². The molecule has 2 N–H and O–H groups in total. The third kappa shape index (κ3) is 21.8.